The molecule has 0 unspecified atom stereocenters. The van der Waals surface area contributed by atoms with Crippen LogP contribution in [0.3, 0.4) is 0 Å². The Morgan fingerprint density at radius 3 is 2.80 bits per heavy atom. The number of pyridine rings is 1. The molecule has 0 fully saturated rings. The van der Waals surface area contributed by atoms with E-state index in [0.717, 1.165) is 22.4 Å². The molecule has 78 valence electrons. The lowest BCUT2D eigenvalue weighted by atomic mass is 10.3. The van der Waals surface area contributed by atoms with E-state index in [9.17, 15) is 0 Å². The van der Waals surface area contributed by atoms with Crippen molar-refractivity contribution in [1.29, 1.82) is 0 Å². The van der Waals surface area contributed by atoms with Crippen LogP contribution in [0.5, 0.6) is 0 Å². The third-order valence-corrected chi connectivity index (χ3v) is 2.75. The summed E-state index contributed by atoms with van der Waals surface area (Å²) in [5.41, 5.74) is 0.963. The SMILES string of the molecule is CCc1cc(Cl)n(-c2ccc(Br)cn2)n1. The van der Waals surface area contributed by atoms with Gasteiger partial charge in [-0.2, -0.15) is 5.10 Å². The summed E-state index contributed by atoms with van der Waals surface area (Å²) < 4.78 is 2.57. The van der Waals surface area contributed by atoms with E-state index in [1.165, 1.54) is 0 Å². The third kappa shape index (κ3) is 2.21. The predicted molar refractivity (Wildman–Crippen MR) is 63.4 cm³/mol. The van der Waals surface area contributed by atoms with Gasteiger partial charge in [0.25, 0.3) is 0 Å². The fourth-order valence-corrected chi connectivity index (χ4v) is 1.72. The highest BCUT2D eigenvalue weighted by atomic mass is 79.9. The molecule has 3 nitrogen and oxygen atoms in total. The van der Waals surface area contributed by atoms with Gasteiger partial charge in [-0.3, -0.25) is 0 Å². The average molecular weight is 287 g/mol. The molecule has 2 aromatic rings. The number of hydrogen-bond donors (Lipinski definition) is 0. The first kappa shape index (κ1) is 10.6. The van der Waals surface area contributed by atoms with Crippen LogP contribution in [0.25, 0.3) is 5.82 Å². The van der Waals surface area contributed by atoms with Gasteiger partial charge in [0.1, 0.15) is 5.15 Å². The molecular formula is C10H9BrClN3. The van der Waals surface area contributed by atoms with E-state index in [4.69, 9.17) is 11.6 Å². The molecule has 0 saturated carbocycles. The molecule has 0 aliphatic heterocycles. The molecule has 2 heterocycles. The molecule has 2 aromatic heterocycles. The summed E-state index contributed by atoms with van der Waals surface area (Å²) in [4.78, 5) is 4.23. The van der Waals surface area contributed by atoms with Crippen molar-refractivity contribution in [1.82, 2.24) is 14.8 Å². The Kier molecular flexibility index (Phi) is 3.07. The lowest BCUT2D eigenvalue weighted by molar-refractivity contribution is 0.816. The summed E-state index contributed by atoms with van der Waals surface area (Å²) in [7, 11) is 0. The molecule has 0 saturated heterocycles. The second-order valence-electron chi connectivity index (χ2n) is 3.06. The van der Waals surface area contributed by atoms with Crippen molar-refractivity contribution in [3.05, 3.63) is 39.7 Å². The molecule has 15 heavy (non-hydrogen) atoms. The molecule has 0 radical (unpaired) electrons. The fourth-order valence-electron chi connectivity index (χ4n) is 1.23. The van der Waals surface area contributed by atoms with Crippen LogP contribution in [-0.4, -0.2) is 14.8 Å². The minimum atomic E-state index is 0.585. The molecule has 0 aliphatic carbocycles. The van der Waals surface area contributed by atoms with E-state index in [2.05, 4.69) is 26.0 Å². The Bertz CT molecular complexity index is 464. The van der Waals surface area contributed by atoms with Crippen LogP contribution >= 0.6 is 27.5 Å². The monoisotopic (exact) mass is 285 g/mol. The number of rotatable bonds is 2. The van der Waals surface area contributed by atoms with Gasteiger partial charge >= 0.3 is 0 Å². The summed E-state index contributed by atoms with van der Waals surface area (Å²) in [5, 5.41) is 4.92. The second-order valence-corrected chi connectivity index (χ2v) is 4.36. The maximum absolute atomic E-state index is 6.05. The smallest absolute Gasteiger partial charge is 0.155 e. The lowest BCUT2D eigenvalue weighted by Gasteiger charge is -2.01. The fraction of sp³-hybridized carbons (Fsp3) is 0.200. The number of halogens is 2. The van der Waals surface area contributed by atoms with Gasteiger partial charge in [0.15, 0.2) is 5.82 Å². The van der Waals surface area contributed by atoms with Crippen molar-refractivity contribution in [3.8, 4) is 5.82 Å². The number of aromatic nitrogens is 3. The van der Waals surface area contributed by atoms with Gasteiger partial charge < -0.3 is 0 Å². The average Bonchev–Trinajstić information content (AvgIpc) is 2.61. The van der Waals surface area contributed by atoms with E-state index < -0.39 is 0 Å². The van der Waals surface area contributed by atoms with Gasteiger partial charge in [-0.15, -0.1) is 0 Å². The van der Waals surface area contributed by atoms with Crippen LogP contribution in [0.2, 0.25) is 5.15 Å². The quantitative estimate of drug-likeness (QED) is 0.848. The van der Waals surface area contributed by atoms with Crippen LogP contribution in [0.4, 0.5) is 0 Å². The van der Waals surface area contributed by atoms with E-state index in [0.29, 0.717) is 5.15 Å². The summed E-state index contributed by atoms with van der Waals surface area (Å²) in [6, 6.07) is 5.62. The van der Waals surface area contributed by atoms with Gasteiger partial charge in [0.05, 0.1) is 5.69 Å². The van der Waals surface area contributed by atoms with Gasteiger partial charge in [-0.1, -0.05) is 18.5 Å². The van der Waals surface area contributed by atoms with Crippen molar-refractivity contribution in [2.75, 3.05) is 0 Å². The first-order chi connectivity index (χ1) is 7.20. The normalized spacial score (nSPS) is 10.6. The largest absolute Gasteiger partial charge is 0.236 e. The van der Waals surface area contributed by atoms with E-state index >= 15 is 0 Å². The summed E-state index contributed by atoms with van der Waals surface area (Å²) in [5.74, 6) is 0.725. The summed E-state index contributed by atoms with van der Waals surface area (Å²) >= 11 is 9.38. The zero-order valence-corrected chi connectivity index (χ0v) is 10.5. The van der Waals surface area contributed by atoms with Crippen molar-refractivity contribution >= 4 is 27.5 Å². The van der Waals surface area contributed by atoms with Crippen LogP contribution in [0.15, 0.2) is 28.9 Å². The Morgan fingerprint density at radius 2 is 2.27 bits per heavy atom. The Hall–Kier alpha value is -0.870. The van der Waals surface area contributed by atoms with Crippen LogP contribution in [0, 0.1) is 0 Å². The van der Waals surface area contributed by atoms with Crippen molar-refractivity contribution < 1.29 is 0 Å². The molecule has 0 atom stereocenters. The predicted octanol–water partition coefficient (Wildman–Crippen LogP) is 3.25. The highest BCUT2D eigenvalue weighted by molar-refractivity contribution is 9.10. The number of hydrogen-bond acceptors (Lipinski definition) is 2. The Morgan fingerprint density at radius 1 is 1.47 bits per heavy atom. The van der Waals surface area contributed by atoms with Crippen molar-refractivity contribution in [2.24, 2.45) is 0 Å². The molecule has 0 spiro atoms. The Labute approximate surface area is 101 Å². The van der Waals surface area contributed by atoms with E-state index in [-0.39, 0.29) is 0 Å². The number of nitrogens with zero attached hydrogens (tertiary/aromatic N) is 3. The molecule has 5 heteroatoms. The first-order valence-electron chi connectivity index (χ1n) is 4.57. The lowest BCUT2D eigenvalue weighted by Crippen LogP contribution is -1.99. The zero-order valence-electron chi connectivity index (χ0n) is 8.11. The first-order valence-corrected chi connectivity index (χ1v) is 5.74. The molecule has 0 aliphatic rings. The third-order valence-electron chi connectivity index (χ3n) is 2.01. The molecule has 0 amide bonds. The van der Waals surface area contributed by atoms with Gasteiger partial charge in [-0.25, -0.2) is 9.67 Å². The Balaban J connectivity index is 2.44. The minimum absolute atomic E-state index is 0.585. The highest BCUT2D eigenvalue weighted by Gasteiger charge is 2.07. The van der Waals surface area contributed by atoms with Crippen molar-refractivity contribution in [3.63, 3.8) is 0 Å². The summed E-state index contributed by atoms with van der Waals surface area (Å²) in [6.07, 6.45) is 2.59. The maximum Gasteiger partial charge on any atom is 0.155 e. The molecular weight excluding hydrogens is 277 g/mol. The second kappa shape index (κ2) is 4.33. The van der Waals surface area contributed by atoms with Crippen LogP contribution < -0.4 is 0 Å². The number of aryl methyl sites for hydroxylation is 1. The minimum Gasteiger partial charge on any atom is -0.236 e. The molecule has 0 aromatic carbocycles. The van der Waals surface area contributed by atoms with Crippen molar-refractivity contribution in [2.45, 2.75) is 13.3 Å². The molecule has 0 N–H and O–H groups in total. The van der Waals surface area contributed by atoms with E-state index in [1.54, 1.807) is 10.9 Å². The van der Waals surface area contributed by atoms with Gasteiger partial charge in [0.2, 0.25) is 0 Å². The maximum atomic E-state index is 6.05. The van der Waals surface area contributed by atoms with Gasteiger partial charge in [-0.05, 0) is 40.5 Å². The highest BCUT2D eigenvalue weighted by Crippen LogP contribution is 2.17. The van der Waals surface area contributed by atoms with Gasteiger partial charge in [0, 0.05) is 10.7 Å². The summed E-state index contributed by atoms with van der Waals surface area (Å²) in [6.45, 7) is 2.04. The zero-order chi connectivity index (χ0) is 10.8. The topological polar surface area (TPSA) is 30.7 Å². The molecule has 0 bridgehead atoms. The van der Waals surface area contributed by atoms with Crippen LogP contribution in [-0.2, 0) is 6.42 Å². The standard InChI is InChI=1S/C10H9BrClN3/c1-2-8-5-9(12)15(14-8)10-4-3-7(11)6-13-10/h3-6H,2H2,1H3. The van der Waals surface area contributed by atoms with E-state index in [1.807, 2.05) is 25.1 Å². The van der Waals surface area contributed by atoms with Crippen LogP contribution in [0.1, 0.15) is 12.6 Å². The molecule has 2 rings (SSSR count).